The molecule has 3 aromatic rings. The zero-order chi connectivity index (χ0) is 33.2. The SMILES string of the molecule is C[C@H](O)C(=O)Nc1ccc(CN2C(=O)[C@]3(O[C@H](CC(=O)N(CCO)Cc4ccccc4)[C@@H]([Si](C)(C)F)[C@@H]3C)c3ccccc32)cc1. The molecule has 244 valence electrons. The number of nitrogens with zero attached hydrogens (tertiary/aromatic N) is 2. The number of nitrogens with one attached hydrogen (secondary N) is 1. The zero-order valence-electron chi connectivity index (χ0n) is 26.7. The van der Waals surface area contributed by atoms with Gasteiger partial charge >= 0.3 is 0 Å². The zero-order valence-corrected chi connectivity index (χ0v) is 27.7. The standard InChI is InChI=1S/C35H42FN3O6Si/c1-23-32(46(3,4)36)30(20-31(42)38(18-19-40)21-25-10-6-5-7-11-25)45-35(23)28-12-8-9-13-29(28)39(34(35)44)22-26-14-16-27(17-15-26)37-33(43)24(2)41/h5-17,23-24,30,32,40-41H,18-22H2,1-4H3,(H,37,43)/t23-,24-,30+,32-,35+/m0/s1. The molecule has 0 aliphatic carbocycles. The first-order valence-electron chi connectivity index (χ1n) is 15.7. The second kappa shape index (κ2) is 13.4. The summed E-state index contributed by atoms with van der Waals surface area (Å²) in [7, 11) is -3.48. The summed E-state index contributed by atoms with van der Waals surface area (Å²) in [6.45, 7) is 6.86. The molecule has 1 saturated heterocycles. The topological polar surface area (TPSA) is 119 Å². The van der Waals surface area contributed by atoms with Crippen molar-refractivity contribution in [2.24, 2.45) is 5.92 Å². The van der Waals surface area contributed by atoms with E-state index in [-0.39, 0.29) is 37.9 Å². The van der Waals surface area contributed by atoms with E-state index >= 15 is 4.11 Å². The summed E-state index contributed by atoms with van der Waals surface area (Å²) in [6, 6.07) is 23.8. The van der Waals surface area contributed by atoms with Crippen LogP contribution in [0.25, 0.3) is 0 Å². The Balaban J connectivity index is 1.43. The van der Waals surface area contributed by atoms with Crippen LogP contribution in [-0.2, 0) is 37.8 Å². The summed E-state index contributed by atoms with van der Waals surface area (Å²) < 4.78 is 23.0. The highest BCUT2D eigenvalue weighted by atomic mass is 28.4. The number of ether oxygens (including phenoxy) is 1. The van der Waals surface area contributed by atoms with Crippen LogP contribution in [0, 0.1) is 5.92 Å². The van der Waals surface area contributed by atoms with E-state index in [4.69, 9.17) is 4.74 Å². The Kier molecular flexibility index (Phi) is 9.78. The lowest BCUT2D eigenvalue weighted by atomic mass is 9.82. The molecule has 2 aliphatic heterocycles. The van der Waals surface area contributed by atoms with E-state index in [9.17, 15) is 24.6 Å². The molecule has 1 fully saturated rings. The largest absolute Gasteiger partial charge is 0.395 e. The second-order valence-corrected chi connectivity index (χ2v) is 16.6. The van der Waals surface area contributed by atoms with Gasteiger partial charge in [-0.2, -0.15) is 0 Å². The van der Waals surface area contributed by atoms with Gasteiger partial charge in [0, 0.05) is 35.8 Å². The third kappa shape index (κ3) is 6.50. The van der Waals surface area contributed by atoms with Gasteiger partial charge in [0.2, 0.25) is 14.3 Å². The lowest BCUT2D eigenvalue weighted by Gasteiger charge is -2.31. The van der Waals surface area contributed by atoms with E-state index in [0.29, 0.717) is 23.5 Å². The van der Waals surface area contributed by atoms with Crippen molar-refractivity contribution in [2.75, 3.05) is 23.4 Å². The average molecular weight is 648 g/mol. The van der Waals surface area contributed by atoms with Gasteiger partial charge in [-0.05, 0) is 49.3 Å². The normalized spacial score (nSPS) is 23.0. The number of halogens is 1. The minimum atomic E-state index is -3.48. The molecule has 0 unspecified atom stereocenters. The fourth-order valence-corrected chi connectivity index (χ4v) is 9.49. The van der Waals surface area contributed by atoms with Gasteiger partial charge in [0.25, 0.3) is 11.8 Å². The molecule has 5 atom stereocenters. The molecule has 3 aromatic carbocycles. The van der Waals surface area contributed by atoms with E-state index < -0.39 is 43.6 Å². The maximum absolute atomic E-state index is 16.2. The first-order valence-corrected chi connectivity index (χ1v) is 18.6. The lowest BCUT2D eigenvalue weighted by molar-refractivity contribution is -0.150. The minimum Gasteiger partial charge on any atom is -0.395 e. The second-order valence-electron chi connectivity index (χ2n) is 12.8. The predicted molar refractivity (Wildman–Crippen MR) is 176 cm³/mol. The number of hydrogen-bond acceptors (Lipinski definition) is 6. The summed E-state index contributed by atoms with van der Waals surface area (Å²) in [6.07, 6.45) is -2.09. The lowest BCUT2D eigenvalue weighted by Crippen LogP contribution is -2.45. The van der Waals surface area contributed by atoms with Crippen molar-refractivity contribution >= 4 is 37.5 Å². The van der Waals surface area contributed by atoms with Crippen LogP contribution >= 0.6 is 0 Å². The maximum atomic E-state index is 16.2. The fraction of sp³-hybridized carbons (Fsp3) is 0.400. The molecule has 2 heterocycles. The van der Waals surface area contributed by atoms with Crippen molar-refractivity contribution in [2.45, 2.75) is 69.8 Å². The Bertz CT molecular complexity index is 1560. The van der Waals surface area contributed by atoms with Gasteiger partial charge in [0.15, 0.2) is 5.60 Å². The molecule has 2 aliphatic rings. The van der Waals surface area contributed by atoms with Crippen molar-refractivity contribution in [3.05, 3.63) is 95.6 Å². The van der Waals surface area contributed by atoms with E-state index in [1.807, 2.05) is 61.5 Å². The first-order chi connectivity index (χ1) is 21.9. The number of anilines is 2. The Morgan fingerprint density at radius 3 is 2.33 bits per heavy atom. The monoisotopic (exact) mass is 647 g/mol. The van der Waals surface area contributed by atoms with Crippen LogP contribution in [0.4, 0.5) is 15.5 Å². The third-order valence-corrected chi connectivity index (χ3v) is 11.6. The molecule has 3 amide bonds. The van der Waals surface area contributed by atoms with E-state index in [1.165, 1.54) is 6.92 Å². The molecule has 0 saturated carbocycles. The minimum absolute atomic E-state index is 0.112. The molecule has 0 aromatic heterocycles. The highest BCUT2D eigenvalue weighted by Crippen LogP contribution is 2.60. The van der Waals surface area contributed by atoms with Crippen LogP contribution in [0.3, 0.4) is 0 Å². The molecular weight excluding hydrogens is 605 g/mol. The summed E-state index contributed by atoms with van der Waals surface area (Å²) in [4.78, 5) is 43.4. The van der Waals surface area contributed by atoms with E-state index in [0.717, 1.165) is 11.1 Å². The highest BCUT2D eigenvalue weighted by molar-refractivity contribution is 6.72. The summed E-state index contributed by atoms with van der Waals surface area (Å²) in [5, 5.41) is 21.9. The number of carbonyl (C=O) groups is 3. The van der Waals surface area contributed by atoms with Gasteiger partial charge in [-0.1, -0.05) is 67.6 Å². The van der Waals surface area contributed by atoms with Crippen LogP contribution in [0.5, 0.6) is 0 Å². The van der Waals surface area contributed by atoms with Crippen LogP contribution in [0.2, 0.25) is 18.6 Å². The smallest absolute Gasteiger partial charge is 0.264 e. The number of carbonyl (C=O) groups excluding carboxylic acids is 3. The van der Waals surface area contributed by atoms with Crippen molar-refractivity contribution in [1.29, 1.82) is 0 Å². The summed E-state index contributed by atoms with van der Waals surface area (Å²) in [5.74, 6) is -1.64. The molecule has 9 nitrogen and oxygen atoms in total. The van der Waals surface area contributed by atoms with Crippen molar-refractivity contribution < 1.29 is 33.4 Å². The number of amides is 3. The Hall–Kier alpha value is -3.90. The number of rotatable bonds is 11. The molecule has 5 rings (SSSR count). The number of aliphatic hydroxyl groups excluding tert-OH is 2. The average Bonchev–Trinajstić information content (AvgIpc) is 3.44. The predicted octanol–water partition coefficient (Wildman–Crippen LogP) is 4.74. The molecular formula is C35H42FN3O6Si. The highest BCUT2D eigenvalue weighted by Gasteiger charge is 2.66. The molecule has 46 heavy (non-hydrogen) atoms. The quantitative estimate of drug-likeness (QED) is 0.204. The van der Waals surface area contributed by atoms with Crippen LogP contribution in [0.15, 0.2) is 78.9 Å². The van der Waals surface area contributed by atoms with Crippen LogP contribution < -0.4 is 10.2 Å². The molecule has 1 spiro atoms. The van der Waals surface area contributed by atoms with Crippen molar-refractivity contribution in [1.82, 2.24) is 4.90 Å². The number of fused-ring (bicyclic) bond motifs is 2. The molecule has 11 heteroatoms. The van der Waals surface area contributed by atoms with Gasteiger partial charge in [-0.3, -0.25) is 14.4 Å². The molecule has 3 N–H and O–H groups in total. The first kappa shape index (κ1) is 33.5. The van der Waals surface area contributed by atoms with Gasteiger partial charge in [-0.15, -0.1) is 0 Å². The Morgan fingerprint density at radius 2 is 1.70 bits per heavy atom. The van der Waals surface area contributed by atoms with E-state index in [1.54, 1.807) is 47.2 Å². The number of aliphatic hydroxyl groups is 2. The third-order valence-electron chi connectivity index (χ3n) is 9.12. The molecule has 0 radical (unpaired) electrons. The Labute approximate surface area is 270 Å². The van der Waals surface area contributed by atoms with E-state index in [2.05, 4.69) is 5.32 Å². The number of hydrogen-bond donors (Lipinski definition) is 3. The molecule has 0 bridgehead atoms. The number of benzene rings is 3. The summed E-state index contributed by atoms with van der Waals surface area (Å²) in [5.41, 5.74) is 1.44. The van der Waals surface area contributed by atoms with Gasteiger partial charge < -0.3 is 34.2 Å². The Morgan fingerprint density at radius 1 is 1.04 bits per heavy atom. The van der Waals surface area contributed by atoms with Crippen molar-refractivity contribution in [3.8, 4) is 0 Å². The van der Waals surface area contributed by atoms with Gasteiger partial charge in [0.1, 0.15) is 6.10 Å². The van der Waals surface area contributed by atoms with Crippen LogP contribution in [-0.4, -0.2) is 66.6 Å². The maximum Gasteiger partial charge on any atom is 0.264 e. The number of para-hydroxylation sites is 1. The van der Waals surface area contributed by atoms with Crippen LogP contribution in [0.1, 0.15) is 37.0 Å². The fourth-order valence-electron chi connectivity index (χ4n) is 7.00. The summed E-state index contributed by atoms with van der Waals surface area (Å²) >= 11 is 0. The van der Waals surface area contributed by atoms with Crippen molar-refractivity contribution in [3.63, 3.8) is 0 Å². The van der Waals surface area contributed by atoms with Gasteiger partial charge in [-0.25, -0.2) is 0 Å². The van der Waals surface area contributed by atoms with Gasteiger partial charge in [0.05, 0.1) is 31.4 Å².